The lowest BCUT2D eigenvalue weighted by Crippen LogP contribution is -2.04. The molecule has 0 bridgehead atoms. The van der Waals surface area contributed by atoms with Gasteiger partial charge >= 0.3 is 0 Å². The molecule has 2 nitrogen and oxygen atoms in total. The normalized spacial score (nSPS) is 18.6. The summed E-state index contributed by atoms with van der Waals surface area (Å²) in [7, 11) is 0. The largest absolute Gasteiger partial charge is 0.493 e. The molecule has 0 aromatic heterocycles. The molecule has 1 aliphatic heterocycles. The molecule has 2 heteroatoms. The van der Waals surface area contributed by atoms with Crippen molar-refractivity contribution in [3.63, 3.8) is 0 Å². The van der Waals surface area contributed by atoms with Crippen molar-refractivity contribution in [3.05, 3.63) is 42.0 Å². The van der Waals surface area contributed by atoms with Crippen LogP contribution in [0.2, 0.25) is 0 Å². The Labute approximate surface area is 120 Å². The van der Waals surface area contributed by atoms with Gasteiger partial charge in [0, 0.05) is 12.2 Å². The highest BCUT2D eigenvalue weighted by Gasteiger charge is 2.23. The van der Waals surface area contributed by atoms with Crippen LogP contribution in [0.1, 0.15) is 44.3 Å². The van der Waals surface area contributed by atoms with Crippen LogP contribution < -0.4 is 4.74 Å². The lowest BCUT2D eigenvalue weighted by Gasteiger charge is -2.18. The second-order valence-electron chi connectivity index (χ2n) is 5.40. The van der Waals surface area contributed by atoms with E-state index in [-0.39, 0.29) is 6.10 Å². The average Bonchev–Trinajstić information content (AvgIpc) is 3.01. The number of fused-ring (bicyclic) bond motifs is 1. The summed E-state index contributed by atoms with van der Waals surface area (Å²) >= 11 is 0. The maximum absolute atomic E-state index is 6.02. The summed E-state index contributed by atoms with van der Waals surface area (Å²) in [4.78, 5) is 0. The summed E-state index contributed by atoms with van der Waals surface area (Å²) in [5.74, 6) is 1.00. The van der Waals surface area contributed by atoms with Gasteiger partial charge in [0.2, 0.25) is 0 Å². The predicted molar refractivity (Wildman–Crippen MR) is 82.3 cm³/mol. The van der Waals surface area contributed by atoms with E-state index in [0.29, 0.717) is 0 Å². The summed E-state index contributed by atoms with van der Waals surface area (Å²) in [6.07, 6.45) is 4.68. The van der Waals surface area contributed by atoms with Crippen LogP contribution in [-0.4, -0.2) is 13.2 Å². The Kier molecular flexibility index (Phi) is 4.22. The van der Waals surface area contributed by atoms with E-state index in [1.54, 1.807) is 0 Å². The molecule has 0 radical (unpaired) electrons. The molecule has 1 fully saturated rings. The number of unbranched alkanes of at least 4 members (excludes halogenated alkanes) is 1. The minimum absolute atomic E-state index is 0.192. The first-order valence-corrected chi connectivity index (χ1v) is 7.66. The van der Waals surface area contributed by atoms with Crippen LogP contribution in [0.4, 0.5) is 0 Å². The standard InChI is InChI=1S/C18H22O2/c1-2-3-12-19-17-11-10-14-7-4-5-8-15(14)18(17)16-9-6-13-20-16/h4-5,7-8,10-11,16H,2-3,6,9,12-13H2,1H3. The fourth-order valence-corrected chi connectivity index (χ4v) is 2.87. The van der Waals surface area contributed by atoms with E-state index in [2.05, 4.69) is 43.3 Å². The SMILES string of the molecule is CCCCOc1ccc2ccccc2c1C1CCCO1. The molecule has 1 heterocycles. The Morgan fingerprint density at radius 1 is 1.20 bits per heavy atom. The summed E-state index contributed by atoms with van der Waals surface area (Å²) in [6.45, 7) is 3.83. The van der Waals surface area contributed by atoms with Gasteiger partial charge < -0.3 is 9.47 Å². The summed E-state index contributed by atoms with van der Waals surface area (Å²) < 4.78 is 11.9. The van der Waals surface area contributed by atoms with Crippen LogP contribution in [0.5, 0.6) is 5.75 Å². The van der Waals surface area contributed by atoms with Gasteiger partial charge in [0.15, 0.2) is 0 Å². The van der Waals surface area contributed by atoms with Gasteiger partial charge in [-0.2, -0.15) is 0 Å². The van der Waals surface area contributed by atoms with E-state index in [0.717, 1.165) is 44.6 Å². The van der Waals surface area contributed by atoms with E-state index in [1.165, 1.54) is 16.3 Å². The summed E-state index contributed by atoms with van der Waals surface area (Å²) in [5.41, 5.74) is 1.25. The third-order valence-electron chi connectivity index (χ3n) is 3.94. The minimum atomic E-state index is 0.192. The third-order valence-corrected chi connectivity index (χ3v) is 3.94. The zero-order valence-electron chi connectivity index (χ0n) is 12.1. The number of benzene rings is 2. The van der Waals surface area contributed by atoms with Gasteiger partial charge in [0.05, 0.1) is 12.7 Å². The van der Waals surface area contributed by atoms with Crippen molar-refractivity contribution < 1.29 is 9.47 Å². The molecule has 0 saturated carbocycles. The van der Waals surface area contributed by atoms with Crippen LogP contribution in [0, 0.1) is 0 Å². The number of rotatable bonds is 5. The summed E-state index contributed by atoms with van der Waals surface area (Å²) in [5, 5.41) is 2.54. The van der Waals surface area contributed by atoms with Crippen LogP contribution in [0.15, 0.2) is 36.4 Å². The van der Waals surface area contributed by atoms with Crippen molar-refractivity contribution in [3.8, 4) is 5.75 Å². The van der Waals surface area contributed by atoms with Gasteiger partial charge in [-0.25, -0.2) is 0 Å². The van der Waals surface area contributed by atoms with Crippen molar-refractivity contribution in [2.75, 3.05) is 13.2 Å². The zero-order chi connectivity index (χ0) is 13.8. The molecular formula is C18H22O2. The first kappa shape index (κ1) is 13.4. The Balaban J connectivity index is 2.01. The van der Waals surface area contributed by atoms with Gasteiger partial charge in [-0.3, -0.25) is 0 Å². The number of hydrogen-bond donors (Lipinski definition) is 0. The fourth-order valence-electron chi connectivity index (χ4n) is 2.87. The highest BCUT2D eigenvalue weighted by atomic mass is 16.5. The highest BCUT2D eigenvalue weighted by molar-refractivity contribution is 5.88. The molecule has 0 amide bonds. The van der Waals surface area contributed by atoms with E-state index < -0.39 is 0 Å². The quantitative estimate of drug-likeness (QED) is 0.722. The Hall–Kier alpha value is -1.54. The van der Waals surface area contributed by atoms with Crippen LogP contribution >= 0.6 is 0 Å². The molecule has 1 aliphatic rings. The smallest absolute Gasteiger partial charge is 0.125 e. The molecule has 1 unspecified atom stereocenters. The molecule has 2 aromatic carbocycles. The molecule has 1 saturated heterocycles. The van der Waals surface area contributed by atoms with Crippen molar-refractivity contribution in [2.24, 2.45) is 0 Å². The molecule has 0 aliphatic carbocycles. The van der Waals surface area contributed by atoms with Gasteiger partial charge in [-0.15, -0.1) is 0 Å². The average molecular weight is 270 g/mol. The zero-order valence-corrected chi connectivity index (χ0v) is 12.1. The minimum Gasteiger partial charge on any atom is -0.493 e. The van der Waals surface area contributed by atoms with Crippen LogP contribution in [0.3, 0.4) is 0 Å². The molecule has 0 N–H and O–H groups in total. The monoisotopic (exact) mass is 270 g/mol. The first-order chi connectivity index (χ1) is 9.90. The van der Waals surface area contributed by atoms with Crippen molar-refractivity contribution in [1.82, 2.24) is 0 Å². The van der Waals surface area contributed by atoms with Crippen molar-refractivity contribution >= 4 is 10.8 Å². The first-order valence-electron chi connectivity index (χ1n) is 7.66. The van der Waals surface area contributed by atoms with E-state index >= 15 is 0 Å². The van der Waals surface area contributed by atoms with Crippen LogP contribution in [0.25, 0.3) is 10.8 Å². The Bertz CT molecular complexity index is 571. The highest BCUT2D eigenvalue weighted by Crippen LogP contribution is 2.39. The maximum Gasteiger partial charge on any atom is 0.125 e. The molecule has 3 rings (SSSR count). The van der Waals surface area contributed by atoms with Crippen molar-refractivity contribution in [1.29, 1.82) is 0 Å². The predicted octanol–water partition coefficient (Wildman–Crippen LogP) is 4.87. The topological polar surface area (TPSA) is 18.5 Å². The lowest BCUT2D eigenvalue weighted by molar-refractivity contribution is 0.110. The second-order valence-corrected chi connectivity index (χ2v) is 5.40. The third kappa shape index (κ3) is 2.66. The van der Waals surface area contributed by atoms with E-state index in [4.69, 9.17) is 9.47 Å². The number of hydrogen-bond acceptors (Lipinski definition) is 2. The van der Waals surface area contributed by atoms with Gasteiger partial charge in [-0.1, -0.05) is 43.7 Å². The second kappa shape index (κ2) is 6.27. The lowest BCUT2D eigenvalue weighted by atomic mass is 9.97. The van der Waals surface area contributed by atoms with Gasteiger partial charge in [0.25, 0.3) is 0 Å². The van der Waals surface area contributed by atoms with Crippen LogP contribution in [-0.2, 0) is 4.74 Å². The van der Waals surface area contributed by atoms with Crippen molar-refractivity contribution in [2.45, 2.75) is 38.7 Å². The Morgan fingerprint density at radius 2 is 2.10 bits per heavy atom. The van der Waals surface area contributed by atoms with E-state index in [9.17, 15) is 0 Å². The molecule has 1 atom stereocenters. The molecular weight excluding hydrogens is 248 g/mol. The summed E-state index contributed by atoms with van der Waals surface area (Å²) in [6, 6.07) is 12.8. The molecule has 0 spiro atoms. The number of ether oxygens (including phenoxy) is 2. The molecule has 20 heavy (non-hydrogen) atoms. The Morgan fingerprint density at radius 3 is 2.90 bits per heavy atom. The fraction of sp³-hybridized carbons (Fsp3) is 0.444. The maximum atomic E-state index is 6.02. The van der Waals surface area contributed by atoms with E-state index in [1.807, 2.05) is 0 Å². The van der Waals surface area contributed by atoms with Gasteiger partial charge in [-0.05, 0) is 36.1 Å². The van der Waals surface area contributed by atoms with Gasteiger partial charge in [0.1, 0.15) is 5.75 Å². The molecule has 2 aromatic rings. The molecule has 106 valence electrons.